The van der Waals surface area contributed by atoms with E-state index in [2.05, 4.69) is 15.2 Å². The molecule has 1 saturated heterocycles. The van der Waals surface area contributed by atoms with Crippen LogP contribution < -0.4 is 15.4 Å². The van der Waals surface area contributed by atoms with Crippen LogP contribution in [0.3, 0.4) is 0 Å². The molecule has 1 aromatic carbocycles. The van der Waals surface area contributed by atoms with Crippen molar-refractivity contribution in [3.05, 3.63) is 46.1 Å². The van der Waals surface area contributed by atoms with Crippen LogP contribution in [0.1, 0.15) is 26.5 Å². The molecule has 1 N–H and O–H groups in total. The average Bonchev–Trinajstić information content (AvgIpc) is 2.54. The summed E-state index contributed by atoms with van der Waals surface area (Å²) in [6, 6.07) is 6.77. The number of nitrogens with zero attached hydrogens (tertiary/aromatic N) is 4. The molecule has 0 amide bonds. The van der Waals surface area contributed by atoms with Crippen molar-refractivity contribution in [3.8, 4) is 0 Å². The van der Waals surface area contributed by atoms with Gasteiger partial charge in [0.05, 0.1) is 5.69 Å². The van der Waals surface area contributed by atoms with Crippen molar-refractivity contribution in [2.45, 2.75) is 26.2 Å². The number of anilines is 2. The Morgan fingerprint density at radius 1 is 1.04 bits per heavy atom. The number of piperazine rings is 1. The van der Waals surface area contributed by atoms with Crippen LogP contribution in [0.4, 0.5) is 16.0 Å². The number of aromatic nitrogens is 3. The second kappa shape index (κ2) is 6.22. The summed E-state index contributed by atoms with van der Waals surface area (Å²) in [5, 5.41) is 8.28. The molecule has 0 unspecified atom stereocenters. The van der Waals surface area contributed by atoms with Crippen molar-refractivity contribution >= 4 is 11.6 Å². The van der Waals surface area contributed by atoms with Crippen LogP contribution in [0, 0.1) is 5.82 Å². The summed E-state index contributed by atoms with van der Waals surface area (Å²) in [6.07, 6.45) is 0. The fourth-order valence-corrected chi connectivity index (χ4v) is 2.83. The number of H-pyrrole nitrogens is 1. The molecule has 7 heteroatoms. The smallest absolute Gasteiger partial charge is 0.274 e. The molecule has 0 radical (unpaired) electrons. The lowest BCUT2D eigenvalue weighted by molar-refractivity contribution is 0.541. The minimum atomic E-state index is -0.345. The summed E-state index contributed by atoms with van der Waals surface area (Å²) in [7, 11) is 0. The SMILES string of the molecule is CC(C)(C)c1nnc(N2CCN(c3ccccc3F)CC2)[nH]c1=O. The summed E-state index contributed by atoms with van der Waals surface area (Å²) in [6.45, 7) is 8.40. The summed E-state index contributed by atoms with van der Waals surface area (Å²) in [5.74, 6) is 0.259. The van der Waals surface area contributed by atoms with E-state index < -0.39 is 0 Å². The van der Waals surface area contributed by atoms with Gasteiger partial charge in [0.2, 0.25) is 5.95 Å². The lowest BCUT2D eigenvalue weighted by Crippen LogP contribution is -2.48. The van der Waals surface area contributed by atoms with Gasteiger partial charge in [-0.3, -0.25) is 9.78 Å². The number of halogens is 1. The van der Waals surface area contributed by atoms with Crippen molar-refractivity contribution in [3.63, 3.8) is 0 Å². The lowest BCUT2D eigenvalue weighted by atomic mass is 9.93. The Labute approximate surface area is 140 Å². The van der Waals surface area contributed by atoms with Crippen molar-refractivity contribution in [1.29, 1.82) is 0 Å². The van der Waals surface area contributed by atoms with Crippen LogP contribution in [-0.2, 0) is 5.41 Å². The Hall–Kier alpha value is -2.44. The second-order valence-corrected chi connectivity index (χ2v) is 7.00. The molecule has 3 rings (SSSR count). The predicted octanol–water partition coefficient (Wildman–Crippen LogP) is 1.93. The molecule has 0 spiro atoms. The van der Waals surface area contributed by atoms with Crippen molar-refractivity contribution < 1.29 is 4.39 Å². The van der Waals surface area contributed by atoms with E-state index in [4.69, 9.17) is 0 Å². The van der Waals surface area contributed by atoms with Crippen LogP contribution in [0.5, 0.6) is 0 Å². The van der Waals surface area contributed by atoms with E-state index in [1.54, 1.807) is 12.1 Å². The van der Waals surface area contributed by atoms with E-state index in [1.165, 1.54) is 6.07 Å². The normalized spacial score (nSPS) is 15.7. The first-order valence-corrected chi connectivity index (χ1v) is 8.08. The molecule has 1 fully saturated rings. The molecule has 1 aromatic heterocycles. The van der Waals surface area contributed by atoms with Gasteiger partial charge in [-0.25, -0.2) is 4.39 Å². The quantitative estimate of drug-likeness (QED) is 0.911. The van der Waals surface area contributed by atoms with Crippen LogP contribution in [0.15, 0.2) is 29.1 Å². The van der Waals surface area contributed by atoms with E-state index in [9.17, 15) is 9.18 Å². The average molecular weight is 331 g/mol. The Bertz CT molecular complexity index is 775. The third-order valence-electron chi connectivity index (χ3n) is 4.17. The number of hydrogen-bond acceptors (Lipinski definition) is 5. The zero-order chi connectivity index (χ0) is 17.3. The largest absolute Gasteiger partial charge is 0.366 e. The maximum absolute atomic E-state index is 13.9. The molecule has 0 aliphatic carbocycles. The number of rotatable bonds is 2. The first-order valence-electron chi connectivity index (χ1n) is 8.08. The maximum atomic E-state index is 13.9. The van der Waals surface area contributed by atoms with Crippen molar-refractivity contribution in [2.75, 3.05) is 36.0 Å². The highest BCUT2D eigenvalue weighted by Gasteiger charge is 2.24. The minimum absolute atomic E-state index is 0.205. The van der Waals surface area contributed by atoms with E-state index in [-0.39, 0.29) is 16.8 Å². The van der Waals surface area contributed by atoms with E-state index >= 15 is 0 Å². The zero-order valence-corrected chi connectivity index (χ0v) is 14.2. The molecule has 0 atom stereocenters. The Morgan fingerprint density at radius 2 is 1.67 bits per heavy atom. The molecule has 128 valence electrons. The number of aromatic amines is 1. The van der Waals surface area contributed by atoms with Crippen LogP contribution in [-0.4, -0.2) is 41.4 Å². The number of nitrogens with one attached hydrogen (secondary N) is 1. The fraction of sp³-hybridized carbons (Fsp3) is 0.471. The molecule has 1 aliphatic rings. The Balaban J connectivity index is 1.72. The van der Waals surface area contributed by atoms with Gasteiger partial charge in [0.1, 0.15) is 11.5 Å². The van der Waals surface area contributed by atoms with Crippen molar-refractivity contribution in [2.24, 2.45) is 0 Å². The molecule has 24 heavy (non-hydrogen) atoms. The van der Waals surface area contributed by atoms with Gasteiger partial charge in [0, 0.05) is 31.6 Å². The number of hydrogen-bond donors (Lipinski definition) is 1. The van der Waals surface area contributed by atoms with Gasteiger partial charge < -0.3 is 9.80 Å². The van der Waals surface area contributed by atoms with Gasteiger partial charge in [0.25, 0.3) is 5.56 Å². The molecule has 2 heterocycles. The molecule has 0 bridgehead atoms. The third-order valence-corrected chi connectivity index (χ3v) is 4.17. The standard InChI is InChI=1S/C17H22FN5O/c1-17(2,3)14-15(24)19-16(21-20-14)23-10-8-22(9-11-23)13-7-5-4-6-12(13)18/h4-7H,8-11H2,1-3H3,(H,19,21,24). The molecular weight excluding hydrogens is 309 g/mol. The highest BCUT2D eigenvalue weighted by Crippen LogP contribution is 2.21. The Morgan fingerprint density at radius 3 is 2.25 bits per heavy atom. The Kier molecular flexibility index (Phi) is 4.26. The summed E-state index contributed by atoms with van der Waals surface area (Å²) in [4.78, 5) is 19.0. The fourth-order valence-electron chi connectivity index (χ4n) is 2.83. The monoisotopic (exact) mass is 331 g/mol. The number of benzene rings is 1. The van der Waals surface area contributed by atoms with Crippen molar-refractivity contribution in [1.82, 2.24) is 15.2 Å². The molecule has 1 aliphatic heterocycles. The summed E-state index contributed by atoms with van der Waals surface area (Å²) < 4.78 is 13.9. The van der Waals surface area contributed by atoms with Crippen LogP contribution >= 0.6 is 0 Å². The second-order valence-electron chi connectivity index (χ2n) is 7.00. The number of para-hydroxylation sites is 1. The minimum Gasteiger partial charge on any atom is -0.366 e. The summed E-state index contributed by atoms with van der Waals surface area (Å²) >= 11 is 0. The van der Waals surface area contributed by atoms with Gasteiger partial charge in [0.15, 0.2) is 0 Å². The maximum Gasteiger partial charge on any atom is 0.274 e. The predicted molar refractivity (Wildman–Crippen MR) is 92.2 cm³/mol. The van der Waals surface area contributed by atoms with Gasteiger partial charge in [-0.1, -0.05) is 32.9 Å². The highest BCUT2D eigenvalue weighted by atomic mass is 19.1. The van der Waals surface area contributed by atoms with Crippen LogP contribution in [0.25, 0.3) is 0 Å². The van der Waals surface area contributed by atoms with E-state index in [1.807, 2.05) is 36.6 Å². The van der Waals surface area contributed by atoms with Gasteiger partial charge >= 0.3 is 0 Å². The zero-order valence-electron chi connectivity index (χ0n) is 14.2. The van der Waals surface area contributed by atoms with Gasteiger partial charge in [-0.05, 0) is 12.1 Å². The topological polar surface area (TPSA) is 65.1 Å². The molecular formula is C17H22FN5O. The first kappa shape index (κ1) is 16.4. The molecule has 2 aromatic rings. The van der Waals surface area contributed by atoms with E-state index in [0.717, 1.165) is 0 Å². The van der Waals surface area contributed by atoms with E-state index in [0.29, 0.717) is 43.5 Å². The molecule has 0 saturated carbocycles. The van der Waals surface area contributed by atoms with Gasteiger partial charge in [-0.15, -0.1) is 10.2 Å². The third kappa shape index (κ3) is 3.25. The molecule has 6 nitrogen and oxygen atoms in total. The van der Waals surface area contributed by atoms with Crippen LogP contribution in [0.2, 0.25) is 0 Å². The van der Waals surface area contributed by atoms with Gasteiger partial charge in [-0.2, -0.15) is 0 Å². The highest BCUT2D eigenvalue weighted by molar-refractivity contribution is 5.49. The first-order chi connectivity index (χ1) is 11.4. The summed E-state index contributed by atoms with van der Waals surface area (Å²) in [5.41, 5.74) is 0.489. The lowest BCUT2D eigenvalue weighted by Gasteiger charge is -2.36.